The van der Waals surface area contributed by atoms with Crippen molar-refractivity contribution >= 4 is 11.3 Å². The molecule has 0 saturated heterocycles. The Bertz CT molecular complexity index is 544. The molecule has 0 atom stereocenters. The molecule has 0 aliphatic rings. The maximum absolute atomic E-state index is 5.35. The molecule has 2 aromatic rings. The van der Waals surface area contributed by atoms with Crippen LogP contribution >= 0.6 is 11.3 Å². The second-order valence-corrected chi connectivity index (χ2v) is 7.32. The van der Waals surface area contributed by atoms with Gasteiger partial charge in [0.15, 0.2) is 0 Å². The van der Waals surface area contributed by atoms with Crippen molar-refractivity contribution in [2.24, 2.45) is 5.92 Å². The summed E-state index contributed by atoms with van der Waals surface area (Å²) < 4.78 is 5.35. The van der Waals surface area contributed by atoms with Crippen molar-refractivity contribution in [3.8, 4) is 0 Å². The molecule has 4 heteroatoms. The average Bonchev–Trinajstić information content (AvgIpc) is 3.00. The summed E-state index contributed by atoms with van der Waals surface area (Å²) in [6.45, 7) is 10.5. The smallest absolute Gasteiger partial charge is 0.105 e. The van der Waals surface area contributed by atoms with Gasteiger partial charge in [-0.2, -0.15) is 0 Å². The first-order chi connectivity index (χ1) is 10.0. The summed E-state index contributed by atoms with van der Waals surface area (Å²) in [4.78, 5) is 5.16. The van der Waals surface area contributed by atoms with Crippen molar-refractivity contribution in [1.29, 1.82) is 0 Å². The molecule has 0 aliphatic carbocycles. The third-order valence-electron chi connectivity index (χ3n) is 3.40. The second kappa shape index (κ2) is 7.78. The monoisotopic (exact) mass is 306 g/mol. The lowest BCUT2D eigenvalue weighted by atomic mass is 10.2. The Morgan fingerprint density at radius 3 is 2.62 bits per heavy atom. The van der Waals surface area contributed by atoms with Crippen LogP contribution in [0.5, 0.6) is 0 Å². The predicted molar refractivity (Wildman–Crippen MR) is 89.5 cm³/mol. The van der Waals surface area contributed by atoms with Gasteiger partial charge in [-0.1, -0.05) is 13.8 Å². The summed E-state index contributed by atoms with van der Waals surface area (Å²) in [7, 11) is 2.16. The molecule has 0 amide bonds. The maximum Gasteiger partial charge on any atom is 0.105 e. The van der Waals surface area contributed by atoms with Crippen molar-refractivity contribution in [2.45, 2.75) is 40.4 Å². The van der Waals surface area contributed by atoms with Crippen LogP contribution in [0.4, 0.5) is 0 Å². The van der Waals surface area contributed by atoms with Crippen LogP contribution in [0.15, 0.2) is 28.9 Å². The van der Waals surface area contributed by atoms with Gasteiger partial charge in [0.2, 0.25) is 0 Å². The standard InChI is InChI=1S/C17H26N2OS/c1-13(2)9-18-10-16-5-6-17(21-16)12-19(4)11-15-7-8-20-14(15)3/h5-8,13,18H,9-12H2,1-4H3. The molecule has 0 aromatic carbocycles. The fourth-order valence-electron chi connectivity index (χ4n) is 2.27. The largest absolute Gasteiger partial charge is 0.469 e. The van der Waals surface area contributed by atoms with Gasteiger partial charge in [0.05, 0.1) is 6.26 Å². The van der Waals surface area contributed by atoms with E-state index in [0.29, 0.717) is 5.92 Å². The van der Waals surface area contributed by atoms with Gasteiger partial charge >= 0.3 is 0 Å². The van der Waals surface area contributed by atoms with Crippen LogP contribution in [0.2, 0.25) is 0 Å². The molecule has 2 rings (SSSR count). The topological polar surface area (TPSA) is 28.4 Å². The highest BCUT2D eigenvalue weighted by molar-refractivity contribution is 7.11. The SMILES string of the molecule is Cc1occc1CN(C)Cc1ccc(CNCC(C)C)s1. The molecule has 1 N–H and O–H groups in total. The molecule has 0 unspecified atom stereocenters. The first-order valence-electron chi connectivity index (χ1n) is 7.54. The number of aryl methyl sites for hydroxylation is 1. The van der Waals surface area contributed by atoms with Gasteiger partial charge in [-0.15, -0.1) is 11.3 Å². The van der Waals surface area contributed by atoms with Crippen LogP contribution in [0.3, 0.4) is 0 Å². The van der Waals surface area contributed by atoms with Crippen LogP contribution in [0, 0.1) is 12.8 Å². The number of nitrogens with zero attached hydrogens (tertiary/aromatic N) is 1. The Kier molecular flexibility index (Phi) is 6.03. The highest BCUT2D eigenvalue weighted by atomic mass is 32.1. The summed E-state index contributed by atoms with van der Waals surface area (Å²) in [5.41, 5.74) is 1.27. The van der Waals surface area contributed by atoms with E-state index in [-0.39, 0.29) is 0 Å². The summed E-state index contributed by atoms with van der Waals surface area (Å²) >= 11 is 1.90. The van der Waals surface area contributed by atoms with E-state index in [9.17, 15) is 0 Å². The van der Waals surface area contributed by atoms with Gasteiger partial charge in [0.1, 0.15) is 5.76 Å². The van der Waals surface area contributed by atoms with Crippen molar-refractivity contribution in [3.63, 3.8) is 0 Å². The first kappa shape index (κ1) is 16.3. The summed E-state index contributed by atoms with van der Waals surface area (Å²) in [5, 5.41) is 3.50. The zero-order valence-electron chi connectivity index (χ0n) is 13.5. The van der Waals surface area contributed by atoms with Gasteiger partial charge in [-0.05, 0) is 44.6 Å². The summed E-state index contributed by atoms with van der Waals surface area (Å²) in [6, 6.07) is 6.54. The molecule has 21 heavy (non-hydrogen) atoms. The Hall–Kier alpha value is -1.10. The van der Waals surface area contributed by atoms with Crippen LogP contribution < -0.4 is 5.32 Å². The lowest BCUT2D eigenvalue weighted by molar-refractivity contribution is 0.319. The van der Waals surface area contributed by atoms with Gasteiger partial charge in [0, 0.05) is 35.0 Å². The zero-order valence-corrected chi connectivity index (χ0v) is 14.3. The maximum atomic E-state index is 5.35. The van der Waals surface area contributed by atoms with Crippen molar-refractivity contribution in [1.82, 2.24) is 10.2 Å². The molecule has 0 bridgehead atoms. The van der Waals surface area contributed by atoms with E-state index in [1.165, 1.54) is 15.3 Å². The Morgan fingerprint density at radius 1 is 1.19 bits per heavy atom. The fourth-order valence-corrected chi connectivity index (χ4v) is 3.34. The highest BCUT2D eigenvalue weighted by Gasteiger charge is 2.08. The quantitative estimate of drug-likeness (QED) is 0.798. The Morgan fingerprint density at radius 2 is 1.95 bits per heavy atom. The van der Waals surface area contributed by atoms with E-state index < -0.39 is 0 Å². The number of hydrogen-bond donors (Lipinski definition) is 1. The zero-order chi connectivity index (χ0) is 15.2. The predicted octanol–water partition coefficient (Wildman–Crippen LogP) is 4.03. The number of nitrogens with one attached hydrogen (secondary N) is 1. The van der Waals surface area contributed by atoms with E-state index in [1.807, 2.05) is 18.3 Å². The van der Waals surface area contributed by atoms with Crippen molar-refractivity contribution in [3.05, 3.63) is 45.5 Å². The van der Waals surface area contributed by atoms with E-state index in [4.69, 9.17) is 4.42 Å². The number of furan rings is 1. The molecule has 0 radical (unpaired) electrons. The Balaban J connectivity index is 1.80. The molecule has 2 heterocycles. The van der Waals surface area contributed by atoms with Crippen molar-refractivity contribution in [2.75, 3.05) is 13.6 Å². The van der Waals surface area contributed by atoms with E-state index >= 15 is 0 Å². The molecular weight excluding hydrogens is 280 g/mol. The molecule has 116 valence electrons. The number of hydrogen-bond acceptors (Lipinski definition) is 4. The van der Waals surface area contributed by atoms with Gasteiger partial charge < -0.3 is 9.73 Å². The molecule has 2 aromatic heterocycles. The number of thiophene rings is 1. The van der Waals surface area contributed by atoms with Crippen LogP contribution in [0.1, 0.15) is 34.9 Å². The van der Waals surface area contributed by atoms with Crippen LogP contribution in [0.25, 0.3) is 0 Å². The van der Waals surface area contributed by atoms with Gasteiger partial charge in [-0.25, -0.2) is 0 Å². The minimum atomic E-state index is 0.703. The second-order valence-electron chi connectivity index (χ2n) is 6.07. The molecule has 0 fully saturated rings. The molecule has 0 saturated carbocycles. The molecule has 0 spiro atoms. The minimum absolute atomic E-state index is 0.703. The third-order valence-corrected chi connectivity index (χ3v) is 4.47. The average molecular weight is 306 g/mol. The van der Waals surface area contributed by atoms with E-state index in [1.54, 1.807) is 6.26 Å². The summed E-state index contributed by atoms with van der Waals surface area (Å²) in [5.74, 6) is 1.72. The molecule has 3 nitrogen and oxygen atoms in total. The van der Waals surface area contributed by atoms with Crippen LogP contribution in [-0.2, 0) is 19.6 Å². The highest BCUT2D eigenvalue weighted by Crippen LogP contribution is 2.19. The minimum Gasteiger partial charge on any atom is -0.469 e. The first-order valence-corrected chi connectivity index (χ1v) is 8.36. The molecular formula is C17H26N2OS. The van der Waals surface area contributed by atoms with E-state index in [0.717, 1.165) is 31.9 Å². The third kappa shape index (κ3) is 5.30. The van der Waals surface area contributed by atoms with E-state index in [2.05, 4.69) is 49.3 Å². The van der Waals surface area contributed by atoms with Crippen molar-refractivity contribution < 1.29 is 4.42 Å². The summed E-state index contributed by atoms with van der Waals surface area (Å²) in [6.07, 6.45) is 1.77. The normalized spacial score (nSPS) is 11.7. The van der Waals surface area contributed by atoms with Crippen LogP contribution in [-0.4, -0.2) is 18.5 Å². The lowest BCUT2D eigenvalue weighted by Gasteiger charge is -2.14. The molecule has 0 aliphatic heterocycles. The number of rotatable bonds is 8. The van der Waals surface area contributed by atoms with Gasteiger partial charge in [0.25, 0.3) is 0 Å². The van der Waals surface area contributed by atoms with Gasteiger partial charge in [-0.3, -0.25) is 4.90 Å². The lowest BCUT2D eigenvalue weighted by Crippen LogP contribution is -2.18. The fraction of sp³-hybridized carbons (Fsp3) is 0.529. The Labute approximate surface area is 132 Å².